The lowest BCUT2D eigenvalue weighted by molar-refractivity contribution is -0.140. The highest BCUT2D eigenvalue weighted by molar-refractivity contribution is 5.84. The summed E-state index contributed by atoms with van der Waals surface area (Å²) < 4.78 is 10.5. The van der Waals surface area contributed by atoms with Gasteiger partial charge in [-0.3, -0.25) is 9.59 Å². The van der Waals surface area contributed by atoms with Crippen LogP contribution in [0.4, 0.5) is 5.69 Å². The number of carbonyl (C=O) groups excluding carboxylic acids is 2. The summed E-state index contributed by atoms with van der Waals surface area (Å²) in [5.41, 5.74) is 1.11. The summed E-state index contributed by atoms with van der Waals surface area (Å²) in [5.74, 6) is 0.758. The SMILES string of the molecule is COCC1NC(=O)CCC1C(=O)N1CCN(c2cccc(OC)c2)CC1. The Bertz CT molecular complexity index is 643. The van der Waals surface area contributed by atoms with Crippen LogP contribution in [-0.2, 0) is 14.3 Å². The summed E-state index contributed by atoms with van der Waals surface area (Å²) in [4.78, 5) is 28.8. The minimum atomic E-state index is -0.231. The minimum absolute atomic E-state index is 0.000978. The van der Waals surface area contributed by atoms with E-state index in [2.05, 4.69) is 16.3 Å². The number of piperidine rings is 1. The van der Waals surface area contributed by atoms with E-state index in [9.17, 15) is 9.59 Å². The molecule has 1 aromatic rings. The van der Waals surface area contributed by atoms with E-state index in [1.54, 1.807) is 14.2 Å². The van der Waals surface area contributed by atoms with Crippen molar-refractivity contribution in [1.29, 1.82) is 0 Å². The lowest BCUT2D eigenvalue weighted by Gasteiger charge is -2.40. The van der Waals surface area contributed by atoms with Crippen molar-refractivity contribution < 1.29 is 19.1 Å². The molecule has 2 aliphatic heterocycles. The molecule has 3 rings (SSSR count). The van der Waals surface area contributed by atoms with Gasteiger partial charge < -0.3 is 24.6 Å². The first kappa shape index (κ1) is 18.5. The van der Waals surface area contributed by atoms with Crippen LogP contribution in [0.1, 0.15) is 12.8 Å². The van der Waals surface area contributed by atoms with E-state index in [0.29, 0.717) is 32.5 Å². The molecule has 0 radical (unpaired) electrons. The van der Waals surface area contributed by atoms with Crippen LogP contribution in [0.15, 0.2) is 24.3 Å². The molecule has 0 bridgehead atoms. The van der Waals surface area contributed by atoms with Gasteiger partial charge in [0.2, 0.25) is 11.8 Å². The Labute approximate surface area is 154 Å². The normalized spacial score (nSPS) is 23.5. The molecule has 0 aromatic heterocycles. The Kier molecular flexibility index (Phi) is 5.98. The number of nitrogens with one attached hydrogen (secondary N) is 1. The maximum absolute atomic E-state index is 13.0. The molecule has 7 heteroatoms. The number of benzene rings is 1. The second-order valence-electron chi connectivity index (χ2n) is 6.79. The molecule has 0 saturated carbocycles. The van der Waals surface area contributed by atoms with Crippen LogP contribution in [0, 0.1) is 5.92 Å². The number of carbonyl (C=O) groups is 2. The fraction of sp³-hybridized carbons (Fsp3) is 0.579. The third-order valence-electron chi connectivity index (χ3n) is 5.19. The van der Waals surface area contributed by atoms with Crippen LogP contribution in [0.3, 0.4) is 0 Å². The number of ether oxygens (including phenoxy) is 2. The molecule has 2 aliphatic rings. The molecule has 1 aromatic carbocycles. The Morgan fingerprint density at radius 1 is 1.23 bits per heavy atom. The maximum atomic E-state index is 13.0. The molecule has 142 valence electrons. The van der Waals surface area contributed by atoms with Crippen molar-refractivity contribution in [2.45, 2.75) is 18.9 Å². The number of piperazine rings is 1. The van der Waals surface area contributed by atoms with Gasteiger partial charge >= 0.3 is 0 Å². The van der Waals surface area contributed by atoms with Gasteiger partial charge in [0.15, 0.2) is 0 Å². The third-order valence-corrected chi connectivity index (χ3v) is 5.19. The first-order valence-corrected chi connectivity index (χ1v) is 9.08. The number of hydrogen-bond acceptors (Lipinski definition) is 5. The highest BCUT2D eigenvalue weighted by atomic mass is 16.5. The van der Waals surface area contributed by atoms with E-state index >= 15 is 0 Å². The van der Waals surface area contributed by atoms with Crippen molar-refractivity contribution in [3.63, 3.8) is 0 Å². The van der Waals surface area contributed by atoms with Crippen LogP contribution in [0.25, 0.3) is 0 Å². The van der Waals surface area contributed by atoms with Gasteiger partial charge in [-0.2, -0.15) is 0 Å². The molecule has 2 fully saturated rings. The summed E-state index contributed by atoms with van der Waals surface area (Å²) in [7, 11) is 3.25. The summed E-state index contributed by atoms with van der Waals surface area (Å²) in [6.07, 6.45) is 0.995. The Morgan fingerprint density at radius 2 is 2.00 bits per heavy atom. The van der Waals surface area contributed by atoms with Crippen molar-refractivity contribution in [1.82, 2.24) is 10.2 Å². The zero-order valence-electron chi connectivity index (χ0n) is 15.4. The number of hydrogen-bond donors (Lipinski definition) is 1. The molecular weight excluding hydrogens is 334 g/mol. The number of rotatable bonds is 5. The van der Waals surface area contributed by atoms with Gasteiger partial charge in [0, 0.05) is 51.5 Å². The molecule has 26 heavy (non-hydrogen) atoms. The molecule has 7 nitrogen and oxygen atoms in total. The minimum Gasteiger partial charge on any atom is -0.497 e. The van der Waals surface area contributed by atoms with Crippen LogP contribution in [-0.4, -0.2) is 69.8 Å². The van der Waals surface area contributed by atoms with E-state index in [1.807, 2.05) is 23.1 Å². The average Bonchev–Trinajstić information content (AvgIpc) is 2.68. The topological polar surface area (TPSA) is 71.1 Å². The largest absolute Gasteiger partial charge is 0.497 e. The first-order chi connectivity index (χ1) is 12.6. The maximum Gasteiger partial charge on any atom is 0.227 e. The number of nitrogens with zero attached hydrogens (tertiary/aromatic N) is 2. The van der Waals surface area contributed by atoms with Crippen LogP contribution in [0.2, 0.25) is 0 Å². The zero-order chi connectivity index (χ0) is 18.5. The summed E-state index contributed by atoms with van der Waals surface area (Å²) >= 11 is 0. The fourth-order valence-electron chi connectivity index (χ4n) is 3.73. The Balaban J connectivity index is 1.60. The lowest BCUT2D eigenvalue weighted by Crippen LogP contribution is -2.56. The monoisotopic (exact) mass is 361 g/mol. The Hall–Kier alpha value is -2.28. The molecule has 2 unspecified atom stereocenters. The molecule has 2 saturated heterocycles. The number of amides is 2. The number of anilines is 1. The quantitative estimate of drug-likeness (QED) is 0.843. The highest BCUT2D eigenvalue weighted by Crippen LogP contribution is 2.24. The van der Waals surface area contributed by atoms with Gasteiger partial charge in [0.25, 0.3) is 0 Å². The van der Waals surface area contributed by atoms with E-state index in [-0.39, 0.29) is 23.8 Å². The molecule has 2 amide bonds. The van der Waals surface area contributed by atoms with E-state index in [1.165, 1.54) is 0 Å². The molecule has 1 N–H and O–H groups in total. The van der Waals surface area contributed by atoms with Crippen LogP contribution >= 0.6 is 0 Å². The zero-order valence-corrected chi connectivity index (χ0v) is 15.4. The Morgan fingerprint density at radius 3 is 2.69 bits per heavy atom. The lowest BCUT2D eigenvalue weighted by atomic mass is 9.89. The predicted molar refractivity (Wildman–Crippen MR) is 98.3 cm³/mol. The third kappa shape index (κ3) is 4.09. The van der Waals surface area contributed by atoms with Crippen LogP contribution < -0.4 is 15.0 Å². The van der Waals surface area contributed by atoms with Gasteiger partial charge in [-0.05, 0) is 18.6 Å². The molecule has 0 spiro atoms. The predicted octanol–water partition coefficient (Wildman–Crippen LogP) is 0.885. The smallest absolute Gasteiger partial charge is 0.227 e. The second-order valence-corrected chi connectivity index (χ2v) is 6.79. The van der Waals surface area contributed by atoms with Crippen LogP contribution in [0.5, 0.6) is 5.75 Å². The van der Waals surface area contributed by atoms with Gasteiger partial charge in [0.05, 0.1) is 25.7 Å². The van der Waals surface area contributed by atoms with E-state index in [4.69, 9.17) is 9.47 Å². The molecule has 2 atom stereocenters. The van der Waals surface area contributed by atoms with E-state index < -0.39 is 0 Å². The summed E-state index contributed by atoms with van der Waals surface area (Å²) in [6.45, 7) is 3.30. The molecule has 0 aliphatic carbocycles. The van der Waals surface area contributed by atoms with Crippen molar-refractivity contribution >= 4 is 17.5 Å². The van der Waals surface area contributed by atoms with E-state index in [0.717, 1.165) is 24.5 Å². The second kappa shape index (κ2) is 8.40. The number of methoxy groups -OCH3 is 2. The van der Waals surface area contributed by atoms with Gasteiger partial charge in [-0.15, -0.1) is 0 Å². The average molecular weight is 361 g/mol. The van der Waals surface area contributed by atoms with Gasteiger partial charge in [-0.1, -0.05) is 6.07 Å². The summed E-state index contributed by atoms with van der Waals surface area (Å²) in [5, 5.41) is 2.90. The van der Waals surface area contributed by atoms with Crippen molar-refractivity contribution in [2.75, 3.05) is 51.9 Å². The van der Waals surface area contributed by atoms with Crippen molar-refractivity contribution in [3.05, 3.63) is 24.3 Å². The van der Waals surface area contributed by atoms with Gasteiger partial charge in [-0.25, -0.2) is 0 Å². The van der Waals surface area contributed by atoms with Gasteiger partial charge in [0.1, 0.15) is 5.75 Å². The van der Waals surface area contributed by atoms with Crippen molar-refractivity contribution in [2.24, 2.45) is 5.92 Å². The highest BCUT2D eigenvalue weighted by Gasteiger charge is 2.37. The standard InChI is InChI=1S/C19H27N3O4/c1-25-13-17-16(6-7-18(23)20-17)19(24)22-10-8-21(9-11-22)14-4-3-5-15(12-14)26-2/h3-5,12,16-17H,6-11,13H2,1-2H3,(H,20,23). The van der Waals surface area contributed by atoms with Crippen molar-refractivity contribution in [3.8, 4) is 5.75 Å². The fourth-order valence-corrected chi connectivity index (χ4v) is 3.73. The summed E-state index contributed by atoms with van der Waals surface area (Å²) in [6, 6.07) is 7.75. The first-order valence-electron chi connectivity index (χ1n) is 9.08. The molecule has 2 heterocycles. The molecular formula is C19H27N3O4.